The van der Waals surface area contributed by atoms with Crippen molar-refractivity contribution in [1.82, 2.24) is 10.4 Å². The highest BCUT2D eigenvalue weighted by Gasteiger charge is 2.54. The summed E-state index contributed by atoms with van der Waals surface area (Å²) in [4.78, 5) is 27.7. The minimum absolute atomic E-state index is 0. The van der Waals surface area contributed by atoms with Crippen LogP contribution in [0.2, 0.25) is 5.02 Å². The fourth-order valence-corrected chi connectivity index (χ4v) is 8.54. The number of hydroxylamine groups is 1. The van der Waals surface area contributed by atoms with Gasteiger partial charge >= 0.3 is 0 Å². The topological polar surface area (TPSA) is 133 Å². The minimum atomic E-state index is -4.08. The van der Waals surface area contributed by atoms with Gasteiger partial charge in [0.25, 0.3) is 5.91 Å². The molecular formula is C31H40Cl2N2O7S. The van der Waals surface area contributed by atoms with Crippen molar-refractivity contribution < 1.29 is 33.1 Å². The van der Waals surface area contributed by atoms with E-state index < -0.39 is 26.1 Å². The number of Topliss-reactive ketones (excluding diaryl/α,β-unsaturated/α-hetero) is 1. The molecule has 236 valence electrons. The van der Waals surface area contributed by atoms with Gasteiger partial charge in [-0.2, -0.15) is 0 Å². The molecule has 0 radical (unpaired) electrons. The molecule has 0 unspecified atom stereocenters. The summed E-state index contributed by atoms with van der Waals surface area (Å²) in [5, 5.41) is 21.1. The molecule has 2 aromatic carbocycles. The van der Waals surface area contributed by atoms with Crippen LogP contribution in [0.15, 0.2) is 53.4 Å². The SMILES string of the molecule is Cl.O=C(CCCOc1ccc(S(=O)(=O)C2(C(=O)NO)CCN(C3CC3)CC2)cc1)C1CCC(O)(c2ccc(Cl)cc2)CC1. The van der Waals surface area contributed by atoms with Gasteiger partial charge in [0.15, 0.2) is 14.6 Å². The van der Waals surface area contributed by atoms with E-state index in [2.05, 4.69) is 4.90 Å². The number of aliphatic hydroxyl groups is 1. The first kappa shape index (κ1) is 33.7. The van der Waals surface area contributed by atoms with Gasteiger partial charge in [0.1, 0.15) is 11.5 Å². The molecule has 0 spiro atoms. The predicted octanol–water partition coefficient (Wildman–Crippen LogP) is 4.84. The van der Waals surface area contributed by atoms with Crippen LogP contribution in [0, 0.1) is 5.92 Å². The van der Waals surface area contributed by atoms with Crippen LogP contribution < -0.4 is 10.2 Å². The predicted molar refractivity (Wildman–Crippen MR) is 164 cm³/mol. The van der Waals surface area contributed by atoms with Crippen molar-refractivity contribution in [2.45, 2.75) is 85.5 Å². The molecule has 0 bridgehead atoms. The lowest BCUT2D eigenvalue weighted by molar-refractivity contribution is -0.133. The molecule has 2 aliphatic carbocycles. The molecule has 9 nitrogen and oxygen atoms in total. The Hall–Kier alpha value is -2.21. The van der Waals surface area contributed by atoms with Crippen LogP contribution in [0.5, 0.6) is 5.75 Å². The smallest absolute Gasteiger partial charge is 0.265 e. The first-order valence-corrected chi connectivity index (χ1v) is 16.6. The molecule has 0 atom stereocenters. The lowest BCUT2D eigenvalue weighted by atomic mass is 9.73. The van der Waals surface area contributed by atoms with Crippen molar-refractivity contribution in [1.29, 1.82) is 0 Å². The van der Waals surface area contributed by atoms with Crippen molar-refractivity contribution in [3.63, 3.8) is 0 Å². The number of carbonyl (C=O) groups excluding carboxylic acids is 2. The van der Waals surface area contributed by atoms with E-state index in [0.29, 0.717) is 75.0 Å². The van der Waals surface area contributed by atoms with Gasteiger partial charge in [-0.05, 0) is 99.7 Å². The van der Waals surface area contributed by atoms with Gasteiger partial charge in [-0.3, -0.25) is 14.8 Å². The second-order valence-corrected chi connectivity index (χ2v) is 14.6. The zero-order valence-electron chi connectivity index (χ0n) is 24.0. The normalized spacial score (nSPS) is 24.0. The zero-order valence-corrected chi connectivity index (χ0v) is 26.4. The van der Waals surface area contributed by atoms with Gasteiger partial charge in [0, 0.05) is 36.5 Å². The van der Waals surface area contributed by atoms with Crippen LogP contribution in [-0.4, -0.2) is 65.8 Å². The quantitative estimate of drug-likeness (QED) is 0.178. The third kappa shape index (κ3) is 7.21. The molecule has 12 heteroatoms. The molecule has 1 amide bonds. The van der Waals surface area contributed by atoms with E-state index in [1.807, 2.05) is 12.1 Å². The largest absolute Gasteiger partial charge is 0.494 e. The van der Waals surface area contributed by atoms with Gasteiger partial charge in [-0.15, -0.1) is 12.4 Å². The first-order valence-electron chi connectivity index (χ1n) is 14.8. The van der Waals surface area contributed by atoms with Gasteiger partial charge in [-0.1, -0.05) is 23.7 Å². The van der Waals surface area contributed by atoms with Crippen molar-refractivity contribution in [3.05, 3.63) is 59.1 Å². The van der Waals surface area contributed by atoms with E-state index in [4.69, 9.17) is 16.3 Å². The molecule has 5 rings (SSSR count). The maximum Gasteiger partial charge on any atom is 0.265 e. The van der Waals surface area contributed by atoms with Crippen molar-refractivity contribution in [2.75, 3.05) is 19.7 Å². The number of nitrogens with one attached hydrogen (secondary N) is 1. The number of sulfone groups is 1. The minimum Gasteiger partial charge on any atom is -0.494 e. The molecule has 3 N–H and O–H groups in total. The highest BCUT2D eigenvalue weighted by molar-refractivity contribution is 7.93. The highest BCUT2D eigenvalue weighted by Crippen LogP contribution is 2.41. The summed E-state index contributed by atoms with van der Waals surface area (Å²) < 4.78 is 31.3. The molecule has 1 heterocycles. The number of amides is 1. The number of likely N-dealkylation sites (tertiary alicyclic amines) is 1. The van der Waals surface area contributed by atoms with Gasteiger partial charge < -0.3 is 14.7 Å². The standard InChI is InChI=1S/C31H39ClN2O7S.ClH/c32-24-5-3-23(4-6-24)30(37)15-13-22(14-16-30)28(35)2-1-21-41-26-9-11-27(12-10-26)42(39,40)31(29(36)33-38)17-19-34(20-18-31)25-7-8-25;/h3-6,9-12,22,25,37-38H,1-2,7-8,13-21H2,(H,33,36);1H. The lowest BCUT2D eigenvalue weighted by Crippen LogP contribution is -2.58. The Balaban J connectivity index is 0.00000423. The van der Waals surface area contributed by atoms with Crippen LogP contribution in [-0.2, 0) is 25.0 Å². The number of rotatable bonds is 11. The Bertz CT molecular complexity index is 1370. The molecule has 0 aromatic heterocycles. The number of benzene rings is 2. The fourth-order valence-electron chi connectivity index (χ4n) is 6.46. The second kappa shape index (κ2) is 13.8. The number of carbonyl (C=O) groups is 2. The molecule has 3 fully saturated rings. The Morgan fingerprint density at radius 1 is 0.953 bits per heavy atom. The summed E-state index contributed by atoms with van der Waals surface area (Å²) in [6.07, 6.45) is 5.62. The zero-order chi connectivity index (χ0) is 30.0. The van der Waals surface area contributed by atoms with Crippen LogP contribution in [0.1, 0.15) is 69.8 Å². The van der Waals surface area contributed by atoms with E-state index in [0.717, 1.165) is 18.4 Å². The van der Waals surface area contributed by atoms with E-state index in [-0.39, 0.29) is 41.8 Å². The average molecular weight is 656 g/mol. The van der Waals surface area contributed by atoms with Crippen LogP contribution >= 0.6 is 24.0 Å². The van der Waals surface area contributed by atoms with Crippen LogP contribution in [0.4, 0.5) is 0 Å². The van der Waals surface area contributed by atoms with E-state index in [9.17, 15) is 28.3 Å². The summed E-state index contributed by atoms with van der Waals surface area (Å²) in [6.45, 7) is 1.27. The average Bonchev–Trinajstić information content (AvgIpc) is 3.85. The van der Waals surface area contributed by atoms with E-state index >= 15 is 0 Å². The molecule has 2 aromatic rings. The van der Waals surface area contributed by atoms with Crippen LogP contribution in [0.25, 0.3) is 0 Å². The summed E-state index contributed by atoms with van der Waals surface area (Å²) >= 11 is 5.97. The Morgan fingerprint density at radius 3 is 2.12 bits per heavy atom. The fraction of sp³-hybridized carbons (Fsp3) is 0.548. The number of hydrogen-bond acceptors (Lipinski definition) is 8. The summed E-state index contributed by atoms with van der Waals surface area (Å²) in [6, 6.07) is 13.6. The molecular weight excluding hydrogens is 615 g/mol. The van der Waals surface area contributed by atoms with Gasteiger partial charge in [-0.25, -0.2) is 13.9 Å². The summed E-state index contributed by atoms with van der Waals surface area (Å²) in [5.41, 5.74) is 1.50. The molecule has 1 saturated heterocycles. The lowest BCUT2D eigenvalue weighted by Gasteiger charge is -2.39. The molecule has 2 saturated carbocycles. The van der Waals surface area contributed by atoms with Crippen molar-refractivity contribution in [3.8, 4) is 5.75 Å². The summed E-state index contributed by atoms with van der Waals surface area (Å²) in [7, 11) is -4.08. The molecule has 1 aliphatic heterocycles. The third-order valence-corrected chi connectivity index (χ3v) is 12.1. The van der Waals surface area contributed by atoms with Gasteiger partial charge in [0.05, 0.1) is 17.1 Å². The number of hydrogen-bond donors (Lipinski definition) is 3. The number of ether oxygens (including phenoxy) is 1. The maximum absolute atomic E-state index is 13.6. The second-order valence-electron chi connectivity index (χ2n) is 11.9. The third-order valence-electron chi connectivity index (χ3n) is 9.32. The number of nitrogens with zero attached hydrogens (tertiary/aromatic N) is 1. The van der Waals surface area contributed by atoms with E-state index in [1.54, 1.807) is 29.7 Å². The molecule has 3 aliphatic rings. The Morgan fingerprint density at radius 2 is 1.56 bits per heavy atom. The Labute approximate surface area is 264 Å². The monoisotopic (exact) mass is 654 g/mol. The summed E-state index contributed by atoms with van der Waals surface area (Å²) in [5.74, 6) is -0.341. The number of ketones is 1. The maximum atomic E-state index is 13.6. The Kier molecular flexibility index (Phi) is 10.8. The van der Waals surface area contributed by atoms with Gasteiger partial charge in [0.2, 0.25) is 0 Å². The first-order chi connectivity index (χ1) is 20.1. The van der Waals surface area contributed by atoms with Crippen LogP contribution in [0.3, 0.4) is 0 Å². The molecule has 43 heavy (non-hydrogen) atoms. The van der Waals surface area contributed by atoms with Crippen molar-refractivity contribution >= 4 is 45.5 Å². The van der Waals surface area contributed by atoms with E-state index in [1.165, 1.54) is 12.1 Å². The number of piperidine rings is 1. The number of halogens is 2. The van der Waals surface area contributed by atoms with Crippen molar-refractivity contribution in [2.24, 2.45) is 5.92 Å². The highest BCUT2D eigenvalue weighted by atomic mass is 35.5.